The van der Waals surface area contributed by atoms with Crippen LogP contribution in [-0.2, 0) is 0 Å². The third kappa shape index (κ3) is 1.42. The summed E-state index contributed by atoms with van der Waals surface area (Å²) < 4.78 is 0. The summed E-state index contributed by atoms with van der Waals surface area (Å²) >= 11 is 0. The Hall–Kier alpha value is -0.700. The minimum absolute atomic E-state index is 0.732. The van der Waals surface area contributed by atoms with Crippen LogP contribution in [0.25, 0.3) is 0 Å². The quantitative estimate of drug-likeness (QED) is 0.480. The summed E-state index contributed by atoms with van der Waals surface area (Å²) in [6, 6.07) is 0. The Labute approximate surface area is 62.3 Å². The zero-order valence-corrected chi connectivity index (χ0v) is 6.19. The number of hydrogen-bond donors (Lipinski definition) is 0. The van der Waals surface area contributed by atoms with Crippen molar-refractivity contribution in [3.63, 3.8) is 0 Å². The Balaban J connectivity index is 1.87. The van der Waals surface area contributed by atoms with Crippen molar-refractivity contribution in [3.8, 4) is 11.8 Å². The molecule has 2 aliphatic carbocycles. The van der Waals surface area contributed by atoms with Gasteiger partial charge in [0.25, 0.3) is 0 Å². The third-order valence-corrected chi connectivity index (χ3v) is 2.08. The predicted molar refractivity (Wildman–Crippen MR) is 42.4 cm³/mol. The normalized spacial score (nSPS) is 23.2. The fourth-order valence-electron chi connectivity index (χ4n) is 0.956. The maximum Gasteiger partial charge on any atom is 0.0207 e. The van der Waals surface area contributed by atoms with E-state index in [-0.39, 0.29) is 0 Å². The minimum atomic E-state index is 0.732. The van der Waals surface area contributed by atoms with Crippen molar-refractivity contribution >= 4 is 0 Å². The number of rotatable bonds is 1. The molecule has 52 valence electrons. The van der Waals surface area contributed by atoms with Crippen molar-refractivity contribution in [1.82, 2.24) is 0 Å². The van der Waals surface area contributed by atoms with Gasteiger partial charge in [-0.1, -0.05) is 18.4 Å². The molecule has 0 aromatic carbocycles. The highest BCUT2D eigenvalue weighted by atomic mass is 14.3. The van der Waals surface area contributed by atoms with E-state index in [2.05, 4.69) is 18.4 Å². The monoisotopic (exact) mass is 132 g/mol. The van der Waals surface area contributed by atoms with Gasteiger partial charge in [0.15, 0.2) is 0 Å². The van der Waals surface area contributed by atoms with Crippen molar-refractivity contribution in [2.24, 2.45) is 11.8 Å². The Kier molecular flexibility index (Phi) is 1.31. The zero-order valence-electron chi connectivity index (χ0n) is 6.19. The van der Waals surface area contributed by atoms with E-state index < -0.39 is 0 Å². The van der Waals surface area contributed by atoms with Gasteiger partial charge in [-0.2, -0.15) is 0 Å². The van der Waals surface area contributed by atoms with E-state index in [0.29, 0.717) is 0 Å². The first-order valence-electron chi connectivity index (χ1n) is 4.06. The minimum Gasteiger partial charge on any atom is -0.0948 e. The first-order valence-corrected chi connectivity index (χ1v) is 4.06. The molecule has 0 nitrogen and oxygen atoms in total. The lowest BCUT2D eigenvalue weighted by Gasteiger charge is -1.86. The van der Waals surface area contributed by atoms with Gasteiger partial charge < -0.3 is 0 Å². The van der Waals surface area contributed by atoms with Gasteiger partial charge in [0, 0.05) is 5.92 Å². The van der Waals surface area contributed by atoms with E-state index in [9.17, 15) is 0 Å². The Morgan fingerprint density at radius 2 is 1.90 bits per heavy atom. The summed E-state index contributed by atoms with van der Waals surface area (Å²) in [4.78, 5) is 0. The first kappa shape index (κ1) is 6.04. The summed E-state index contributed by atoms with van der Waals surface area (Å²) in [5.41, 5.74) is 1.19. The summed E-state index contributed by atoms with van der Waals surface area (Å²) in [6.45, 7) is 3.94. The van der Waals surface area contributed by atoms with Crippen LogP contribution >= 0.6 is 0 Å². The highest BCUT2D eigenvalue weighted by Crippen LogP contribution is 2.35. The molecule has 0 bridgehead atoms. The maximum atomic E-state index is 3.94. The molecule has 0 heterocycles. The summed E-state index contributed by atoms with van der Waals surface area (Å²) in [5.74, 6) is 7.89. The van der Waals surface area contributed by atoms with Crippen molar-refractivity contribution in [1.29, 1.82) is 0 Å². The summed E-state index contributed by atoms with van der Waals surface area (Å²) in [6.07, 6.45) is 5.31. The average molecular weight is 132 g/mol. The summed E-state index contributed by atoms with van der Waals surface area (Å²) in [5, 5.41) is 0. The molecular formula is C10H12. The lowest BCUT2D eigenvalue weighted by molar-refractivity contribution is 1.07. The van der Waals surface area contributed by atoms with E-state index in [1.54, 1.807) is 0 Å². The average Bonchev–Trinajstić information content (AvgIpc) is 2.76. The topological polar surface area (TPSA) is 0 Å². The van der Waals surface area contributed by atoms with E-state index in [0.717, 1.165) is 11.8 Å². The molecule has 0 aromatic rings. The molecule has 0 unspecified atom stereocenters. The van der Waals surface area contributed by atoms with Gasteiger partial charge in [0.1, 0.15) is 0 Å². The molecule has 2 fully saturated rings. The largest absolute Gasteiger partial charge is 0.0948 e. The van der Waals surface area contributed by atoms with Gasteiger partial charge in [0.05, 0.1) is 0 Å². The molecule has 0 N–H and O–H groups in total. The smallest absolute Gasteiger partial charge is 0.0207 e. The molecule has 2 aliphatic rings. The van der Waals surface area contributed by atoms with Crippen LogP contribution < -0.4 is 0 Å². The van der Waals surface area contributed by atoms with Gasteiger partial charge >= 0.3 is 0 Å². The molecule has 0 saturated heterocycles. The standard InChI is InChI=1S/C10H12/c1-8(10-6-7-10)2-3-9-4-5-9/h9-10H,1,4-7H2. The van der Waals surface area contributed by atoms with Crippen molar-refractivity contribution in [2.45, 2.75) is 25.7 Å². The predicted octanol–water partition coefficient (Wildman–Crippen LogP) is 2.37. The first-order chi connectivity index (χ1) is 4.86. The molecule has 0 heteroatoms. The lowest BCUT2D eigenvalue weighted by Crippen LogP contribution is -1.76. The zero-order chi connectivity index (χ0) is 6.97. The second kappa shape index (κ2) is 2.16. The maximum absolute atomic E-state index is 3.94. The van der Waals surface area contributed by atoms with E-state index in [1.165, 1.54) is 31.3 Å². The fourth-order valence-corrected chi connectivity index (χ4v) is 0.956. The molecule has 0 amide bonds. The van der Waals surface area contributed by atoms with Gasteiger partial charge in [-0.25, -0.2) is 0 Å². The van der Waals surface area contributed by atoms with Crippen molar-refractivity contribution in [3.05, 3.63) is 12.2 Å². The molecule has 0 spiro atoms. The molecule has 2 rings (SSSR count). The highest BCUT2D eigenvalue weighted by Gasteiger charge is 2.24. The van der Waals surface area contributed by atoms with E-state index >= 15 is 0 Å². The van der Waals surface area contributed by atoms with E-state index in [1.807, 2.05) is 0 Å². The third-order valence-electron chi connectivity index (χ3n) is 2.08. The Bertz CT molecular complexity index is 206. The Morgan fingerprint density at radius 3 is 2.40 bits per heavy atom. The van der Waals surface area contributed by atoms with Crippen LogP contribution in [0.1, 0.15) is 25.7 Å². The van der Waals surface area contributed by atoms with Gasteiger partial charge in [-0.05, 0) is 37.2 Å². The van der Waals surface area contributed by atoms with Crippen LogP contribution in [0.15, 0.2) is 12.2 Å². The molecule has 10 heavy (non-hydrogen) atoms. The van der Waals surface area contributed by atoms with E-state index in [4.69, 9.17) is 0 Å². The summed E-state index contributed by atoms with van der Waals surface area (Å²) in [7, 11) is 0. The number of hydrogen-bond acceptors (Lipinski definition) is 0. The van der Waals surface area contributed by atoms with Gasteiger partial charge in [-0.3, -0.25) is 0 Å². The SMILES string of the molecule is C=C(C#CC1CC1)C1CC1. The molecule has 0 aromatic heterocycles. The van der Waals surface area contributed by atoms with Crippen LogP contribution in [-0.4, -0.2) is 0 Å². The molecular weight excluding hydrogens is 120 g/mol. The highest BCUT2D eigenvalue weighted by molar-refractivity contribution is 5.32. The Morgan fingerprint density at radius 1 is 1.20 bits per heavy atom. The molecule has 0 aliphatic heterocycles. The van der Waals surface area contributed by atoms with Crippen molar-refractivity contribution < 1.29 is 0 Å². The fraction of sp³-hybridized carbons (Fsp3) is 0.600. The van der Waals surface area contributed by atoms with Crippen LogP contribution in [0.2, 0.25) is 0 Å². The molecule has 0 atom stereocenters. The van der Waals surface area contributed by atoms with Crippen LogP contribution in [0, 0.1) is 23.7 Å². The van der Waals surface area contributed by atoms with Crippen LogP contribution in [0.5, 0.6) is 0 Å². The molecule has 2 saturated carbocycles. The molecule has 0 radical (unpaired) electrons. The van der Waals surface area contributed by atoms with Crippen LogP contribution in [0.4, 0.5) is 0 Å². The van der Waals surface area contributed by atoms with Gasteiger partial charge in [0.2, 0.25) is 0 Å². The van der Waals surface area contributed by atoms with Gasteiger partial charge in [-0.15, -0.1) is 0 Å². The second-order valence-corrected chi connectivity index (χ2v) is 3.34. The van der Waals surface area contributed by atoms with Crippen molar-refractivity contribution in [2.75, 3.05) is 0 Å². The lowest BCUT2D eigenvalue weighted by atomic mass is 10.2. The number of allylic oxidation sites excluding steroid dienone is 1. The van der Waals surface area contributed by atoms with Crippen LogP contribution in [0.3, 0.4) is 0 Å². The second-order valence-electron chi connectivity index (χ2n) is 3.34.